The summed E-state index contributed by atoms with van der Waals surface area (Å²) in [6.45, 7) is 7.56. The van der Waals surface area contributed by atoms with Gasteiger partial charge in [0.1, 0.15) is 5.00 Å². The Morgan fingerprint density at radius 3 is 2.52 bits per heavy atom. The van der Waals surface area contributed by atoms with Crippen LogP contribution in [0.2, 0.25) is 0 Å². The van der Waals surface area contributed by atoms with Crippen molar-refractivity contribution < 1.29 is 9.59 Å². The fraction of sp³-hybridized carbons (Fsp3) is 0.571. The van der Waals surface area contributed by atoms with Gasteiger partial charge in [0.05, 0.1) is 16.1 Å². The van der Waals surface area contributed by atoms with Crippen LogP contribution < -0.4 is 16.4 Å². The van der Waals surface area contributed by atoms with Gasteiger partial charge in [0.15, 0.2) is 5.78 Å². The van der Waals surface area contributed by atoms with E-state index in [9.17, 15) is 9.59 Å². The zero-order valence-electron chi connectivity index (χ0n) is 12.6. The molecule has 21 heavy (non-hydrogen) atoms. The van der Waals surface area contributed by atoms with Crippen LogP contribution >= 0.6 is 23.1 Å². The lowest BCUT2D eigenvalue weighted by atomic mass is 10.1. The average molecular weight is 327 g/mol. The summed E-state index contributed by atoms with van der Waals surface area (Å²) >= 11 is 3.20. The van der Waals surface area contributed by atoms with Crippen LogP contribution in [0.15, 0.2) is 0 Å². The van der Waals surface area contributed by atoms with Crippen LogP contribution in [0.5, 0.6) is 0 Å². The summed E-state index contributed by atoms with van der Waals surface area (Å²) in [5, 5.41) is 0.739. The first kappa shape index (κ1) is 16.2. The van der Waals surface area contributed by atoms with E-state index in [1.54, 1.807) is 0 Å². The molecule has 2 rings (SSSR count). The molecule has 1 aliphatic heterocycles. The second-order valence-corrected chi connectivity index (χ2v) is 8.59. The van der Waals surface area contributed by atoms with Crippen molar-refractivity contribution in [3.05, 3.63) is 10.4 Å². The summed E-state index contributed by atoms with van der Waals surface area (Å²) in [6, 6.07) is 0. The molecule has 1 fully saturated rings. The van der Waals surface area contributed by atoms with E-state index in [0.717, 1.165) is 30.3 Å². The Balaban J connectivity index is 2.41. The molecule has 0 aliphatic carbocycles. The first-order chi connectivity index (χ1) is 9.73. The quantitative estimate of drug-likeness (QED) is 0.832. The number of ketones is 1. The molecule has 0 radical (unpaired) electrons. The number of nitrogens with zero attached hydrogens (tertiary/aromatic N) is 1. The normalized spacial score (nSPS) is 18.3. The van der Waals surface area contributed by atoms with Crippen molar-refractivity contribution in [1.82, 2.24) is 0 Å². The minimum atomic E-state index is -0.567. The van der Waals surface area contributed by atoms with Gasteiger partial charge in [-0.25, -0.2) is 0 Å². The third-order valence-electron chi connectivity index (χ3n) is 3.62. The minimum absolute atomic E-state index is 0.129. The number of nitrogens with two attached hydrogens (primary N) is 2. The fourth-order valence-electron chi connectivity index (χ4n) is 2.38. The monoisotopic (exact) mass is 327 g/mol. The van der Waals surface area contributed by atoms with Crippen LogP contribution in [0.4, 0.5) is 10.7 Å². The number of Topliss-reactive ketones (excluding diaryl/α,β-unsaturated/α-hetero) is 1. The standard InChI is InChI=1S/C14H21N3O2S2/c1-8(18)11-10(15)9(12(16)19)13(21-11)17-5-4-14(2,3)20-7-6-17/h4-7,15H2,1-3H3,(H2,16,19). The molecule has 7 heteroatoms. The van der Waals surface area contributed by atoms with Crippen LogP contribution in [0.3, 0.4) is 0 Å². The van der Waals surface area contributed by atoms with Gasteiger partial charge in [0.25, 0.3) is 5.91 Å². The van der Waals surface area contributed by atoms with Gasteiger partial charge in [0, 0.05) is 30.5 Å². The van der Waals surface area contributed by atoms with E-state index in [4.69, 9.17) is 11.5 Å². The van der Waals surface area contributed by atoms with Crippen LogP contribution in [-0.2, 0) is 0 Å². The Kier molecular flexibility index (Phi) is 4.53. The number of hydrogen-bond acceptors (Lipinski definition) is 6. The smallest absolute Gasteiger partial charge is 0.253 e. The lowest BCUT2D eigenvalue weighted by Gasteiger charge is -2.23. The first-order valence-electron chi connectivity index (χ1n) is 6.85. The highest BCUT2D eigenvalue weighted by molar-refractivity contribution is 8.00. The summed E-state index contributed by atoms with van der Waals surface area (Å²) in [6.07, 6.45) is 1.00. The van der Waals surface area contributed by atoms with Gasteiger partial charge in [-0.15, -0.1) is 11.3 Å². The number of nitrogen functional groups attached to an aromatic ring is 1. The molecule has 4 N–H and O–H groups in total. The highest BCUT2D eigenvalue weighted by atomic mass is 32.2. The number of anilines is 2. The molecule has 1 amide bonds. The van der Waals surface area contributed by atoms with Crippen LogP contribution in [0.25, 0.3) is 0 Å². The maximum atomic E-state index is 11.7. The van der Waals surface area contributed by atoms with Crippen molar-refractivity contribution in [2.45, 2.75) is 31.9 Å². The number of rotatable bonds is 3. The molecule has 0 unspecified atom stereocenters. The van der Waals surface area contributed by atoms with Gasteiger partial charge in [-0.1, -0.05) is 13.8 Å². The topological polar surface area (TPSA) is 89.4 Å². The number of carbonyl (C=O) groups is 2. The molecule has 1 aliphatic rings. The molecule has 1 saturated heterocycles. The number of thioether (sulfide) groups is 1. The van der Waals surface area contributed by atoms with E-state index >= 15 is 0 Å². The summed E-state index contributed by atoms with van der Waals surface area (Å²) in [7, 11) is 0. The SMILES string of the molecule is CC(=O)c1sc(N2CCSC(C)(C)CC2)c(C(N)=O)c1N. The summed E-state index contributed by atoms with van der Waals surface area (Å²) in [4.78, 5) is 26.0. The third-order valence-corrected chi connectivity index (χ3v) is 6.36. The largest absolute Gasteiger partial charge is 0.397 e. The molecular weight excluding hydrogens is 306 g/mol. The molecule has 0 bridgehead atoms. The lowest BCUT2D eigenvalue weighted by molar-refractivity contribution is 0.100. The third kappa shape index (κ3) is 3.35. The Morgan fingerprint density at radius 1 is 1.29 bits per heavy atom. The van der Waals surface area contributed by atoms with Gasteiger partial charge in [-0.3, -0.25) is 9.59 Å². The van der Waals surface area contributed by atoms with Crippen LogP contribution in [0.1, 0.15) is 47.2 Å². The van der Waals surface area contributed by atoms with Crippen LogP contribution in [-0.4, -0.2) is 35.3 Å². The van der Waals surface area contributed by atoms with Gasteiger partial charge in [-0.2, -0.15) is 11.8 Å². The molecule has 0 atom stereocenters. The Bertz CT molecular complexity index is 581. The molecule has 1 aromatic rings. The van der Waals surface area contributed by atoms with E-state index in [0.29, 0.717) is 10.4 Å². The zero-order chi connectivity index (χ0) is 15.8. The zero-order valence-corrected chi connectivity index (χ0v) is 14.2. The Hall–Kier alpha value is -1.21. The van der Waals surface area contributed by atoms with Crippen molar-refractivity contribution in [2.75, 3.05) is 29.5 Å². The Labute approximate surface area is 133 Å². The highest BCUT2D eigenvalue weighted by Gasteiger charge is 2.29. The number of amides is 1. The Morgan fingerprint density at radius 2 is 1.95 bits per heavy atom. The van der Waals surface area contributed by atoms with Crippen molar-refractivity contribution in [3.8, 4) is 0 Å². The summed E-state index contributed by atoms with van der Waals surface area (Å²) in [5.41, 5.74) is 12.0. The molecule has 116 valence electrons. The molecule has 0 saturated carbocycles. The molecule has 5 nitrogen and oxygen atoms in total. The second kappa shape index (κ2) is 5.88. The van der Waals surface area contributed by atoms with E-state index in [1.807, 2.05) is 11.8 Å². The predicted octanol–water partition coefficient (Wildman–Crippen LogP) is 2.35. The molecular formula is C14H21N3O2S2. The predicted molar refractivity (Wildman–Crippen MR) is 90.6 cm³/mol. The molecule has 0 spiro atoms. The maximum absolute atomic E-state index is 11.7. The van der Waals surface area contributed by atoms with Gasteiger partial charge >= 0.3 is 0 Å². The second-order valence-electron chi connectivity index (χ2n) is 5.79. The minimum Gasteiger partial charge on any atom is -0.397 e. The first-order valence-corrected chi connectivity index (χ1v) is 8.65. The summed E-state index contributed by atoms with van der Waals surface area (Å²) in [5.74, 6) is 0.275. The maximum Gasteiger partial charge on any atom is 0.253 e. The van der Waals surface area contributed by atoms with E-state index < -0.39 is 5.91 Å². The van der Waals surface area contributed by atoms with Crippen molar-refractivity contribution in [1.29, 1.82) is 0 Å². The van der Waals surface area contributed by atoms with Crippen molar-refractivity contribution in [2.24, 2.45) is 5.73 Å². The van der Waals surface area contributed by atoms with Crippen molar-refractivity contribution in [3.63, 3.8) is 0 Å². The number of hydrogen-bond donors (Lipinski definition) is 2. The van der Waals surface area contributed by atoms with E-state index in [-0.39, 0.29) is 16.2 Å². The highest BCUT2D eigenvalue weighted by Crippen LogP contribution is 2.40. The fourth-order valence-corrected chi connectivity index (χ4v) is 4.65. The number of primary amides is 1. The molecule has 2 heterocycles. The van der Waals surface area contributed by atoms with Crippen molar-refractivity contribution >= 4 is 45.5 Å². The van der Waals surface area contributed by atoms with Crippen LogP contribution in [0, 0.1) is 0 Å². The molecule has 0 aromatic carbocycles. The number of thiophene rings is 1. The van der Waals surface area contributed by atoms with Gasteiger partial charge in [0.2, 0.25) is 0 Å². The summed E-state index contributed by atoms with van der Waals surface area (Å²) < 4.78 is 0.216. The molecule has 1 aromatic heterocycles. The van der Waals surface area contributed by atoms with E-state index in [2.05, 4.69) is 18.7 Å². The van der Waals surface area contributed by atoms with Gasteiger partial charge < -0.3 is 16.4 Å². The average Bonchev–Trinajstić information content (AvgIpc) is 2.60. The number of carbonyl (C=O) groups excluding carboxylic acids is 2. The van der Waals surface area contributed by atoms with Gasteiger partial charge in [-0.05, 0) is 6.42 Å². The van der Waals surface area contributed by atoms with E-state index in [1.165, 1.54) is 18.3 Å². The lowest BCUT2D eigenvalue weighted by Crippen LogP contribution is -2.28.